The molecule has 1 aromatic carbocycles. The molecule has 1 amide bonds. The van der Waals surface area contributed by atoms with Crippen molar-refractivity contribution in [1.29, 1.82) is 0 Å². The number of para-hydroxylation sites is 1. The molecule has 0 spiro atoms. The number of aryl methyl sites for hydroxylation is 2. The van der Waals surface area contributed by atoms with Crippen LogP contribution in [0.25, 0.3) is 0 Å². The van der Waals surface area contributed by atoms with Crippen molar-refractivity contribution >= 4 is 28.1 Å². The van der Waals surface area contributed by atoms with Gasteiger partial charge < -0.3 is 4.90 Å². The summed E-state index contributed by atoms with van der Waals surface area (Å²) in [5, 5.41) is 12.6. The molecule has 0 radical (unpaired) electrons. The summed E-state index contributed by atoms with van der Waals surface area (Å²) in [6.07, 6.45) is 1.88. The number of hydrogen-bond acceptors (Lipinski definition) is 6. The van der Waals surface area contributed by atoms with Crippen LogP contribution in [0.2, 0.25) is 0 Å². The van der Waals surface area contributed by atoms with E-state index < -0.39 is 0 Å². The fraction of sp³-hybridized carbons (Fsp3) is 0.526. The maximum atomic E-state index is 12.6. The van der Waals surface area contributed by atoms with Gasteiger partial charge in [0.25, 0.3) is 0 Å². The first kappa shape index (κ1) is 18.8. The Labute approximate surface area is 159 Å². The Hall–Kier alpha value is -1.99. The third kappa shape index (κ3) is 4.40. The predicted molar refractivity (Wildman–Crippen MR) is 107 cm³/mol. The van der Waals surface area contributed by atoms with E-state index in [1.807, 2.05) is 13.8 Å². The van der Waals surface area contributed by atoms with Gasteiger partial charge in [0.1, 0.15) is 5.01 Å². The van der Waals surface area contributed by atoms with Gasteiger partial charge in [-0.3, -0.25) is 15.0 Å². The molecule has 7 heteroatoms. The van der Waals surface area contributed by atoms with Gasteiger partial charge in [-0.15, -0.1) is 10.2 Å². The summed E-state index contributed by atoms with van der Waals surface area (Å²) in [6, 6.07) is 8.32. The summed E-state index contributed by atoms with van der Waals surface area (Å²) in [6.45, 7) is 9.91. The average Bonchev–Trinajstić information content (AvgIpc) is 2.96. The summed E-state index contributed by atoms with van der Waals surface area (Å²) in [5.41, 5.74) is 2.60. The lowest BCUT2D eigenvalue weighted by molar-refractivity contribution is -0.120. The minimum absolute atomic E-state index is 0.00635. The highest BCUT2D eigenvalue weighted by atomic mass is 32.1. The van der Waals surface area contributed by atoms with E-state index in [2.05, 4.69) is 56.5 Å². The number of aromatic nitrogens is 2. The van der Waals surface area contributed by atoms with E-state index in [0.29, 0.717) is 5.13 Å². The number of rotatable bonds is 5. The van der Waals surface area contributed by atoms with Crippen LogP contribution in [0.1, 0.15) is 30.8 Å². The molecule has 2 aromatic rings. The number of hydrogen-bond donors (Lipinski definition) is 1. The van der Waals surface area contributed by atoms with Gasteiger partial charge in [0.15, 0.2) is 0 Å². The minimum atomic E-state index is -0.180. The van der Waals surface area contributed by atoms with E-state index in [1.165, 1.54) is 22.6 Å². The highest BCUT2D eigenvalue weighted by Gasteiger charge is 2.25. The lowest BCUT2D eigenvalue weighted by atomic mass is 10.2. The van der Waals surface area contributed by atoms with E-state index in [-0.39, 0.29) is 11.9 Å². The van der Waals surface area contributed by atoms with Crippen molar-refractivity contribution in [3.63, 3.8) is 0 Å². The third-order valence-electron chi connectivity index (χ3n) is 4.91. The zero-order valence-corrected chi connectivity index (χ0v) is 16.6. The molecule has 0 unspecified atom stereocenters. The van der Waals surface area contributed by atoms with Crippen LogP contribution in [0.4, 0.5) is 10.8 Å². The topological polar surface area (TPSA) is 61.4 Å². The Balaban J connectivity index is 1.59. The first-order chi connectivity index (χ1) is 12.6. The van der Waals surface area contributed by atoms with Crippen LogP contribution in [0.15, 0.2) is 24.3 Å². The number of nitrogens with one attached hydrogen (secondary N) is 1. The molecule has 1 aromatic heterocycles. The molecular formula is C19H27N5OS. The standard InChI is InChI=1S/C19H27N5OS/c1-4-17-21-22-19(26-17)20-18(25)15(3)23-10-7-11-24(13-12-23)16-9-6-5-8-14(16)2/h5-6,8-9,15H,4,7,10-13H2,1-3H3,(H,20,22,25)/t15-/m1/s1. The van der Waals surface area contributed by atoms with Crippen molar-refractivity contribution in [1.82, 2.24) is 15.1 Å². The van der Waals surface area contributed by atoms with Gasteiger partial charge in [0.05, 0.1) is 6.04 Å². The molecule has 1 N–H and O–H groups in total. The van der Waals surface area contributed by atoms with Crippen molar-refractivity contribution < 1.29 is 4.79 Å². The maximum absolute atomic E-state index is 12.6. The van der Waals surface area contributed by atoms with Gasteiger partial charge in [-0.05, 0) is 38.3 Å². The van der Waals surface area contributed by atoms with Crippen LogP contribution in [0, 0.1) is 6.92 Å². The number of carbonyl (C=O) groups excluding carboxylic acids is 1. The Morgan fingerprint density at radius 2 is 2.04 bits per heavy atom. The predicted octanol–water partition coefficient (Wildman–Crippen LogP) is 2.95. The van der Waals surface area contributed by atoms with E-state index in [0.717, 1.165) is 44.0 Å². The SMILES string of the molecule is CCc1nnc(NC(=O)[C@@H](C)N2CCCN(c3ccccc3C)CC2)s1. The molecule has 0 saturated carbocycles. The van der Waals surface area contributed by atoms with Crippen LogP contribution >= 0.6 is 11.3 Å². The van der Waals surface area contributed by atoms with Crippen molar-refractivity contribution in [2.24, 2.45) is 0 Å². The molecule has 0 bridgehead atoms. The fourth-order valence-corrected chi connectivity index (χ4v) is 3.99. The first-order valence-electron chi connectivity index (χ1n) is 9.26. The maximum Gasteiger partial charge on any atom is 0.243 e. The lowest BCUT2D eigenvalue weighted by Gasteiger charge is -2.27. The zero-order valence-electron chi connectivity index (χ0n) is 15.7. The van der Waals surface area contributed by atoms with Crippen molar-refractivity contribution in [3.05, 3.63) is 34.8 Å². The molecule has 1 aliphatic rings. The number of anilines is 2. The Bertz CT molecular complexity index is 747. The molecule has 1 aliphatic heterocycles. The van der Waals surface area contributed by atoms with Gasteiger partial charge in [0.2, 0.25) is 11.0 Å². The molecule has 1 fully saturated rings. The monoisotopic (exact) mass is 373 g/mol. The number of amides is 1. The van der Waals surface area contributed by atoms with Crippen LogP contribution in [0.3, 0.4) is 0 Å². The minimum Gasteiger partial charge on any atom is -0.370 e. The van der Waals surface area contributed by atoms with Crippen LogP contribution in [-0.2, 0) is 11.2 Å². The van der Waals surface area contributed by atoms with E-state index in [1.54, 1.807) is 0 Å². The normalized spacial score (nSPS) is 17.0. The zero-order chi connectivity index (χ0) is 18.5. The molecule has 1 atom stereocenters. The number of nitrogens with zero attached hydrogens (tertiary/aromatic N) is 4. The van der Waals surface area contributed by atoms with Crippen LogP contribution < -0.4 is 10.2 Å². The summed E-state index contributed by atoms with van der Waals surface area (Å²) >= 11 is 1.45. The molecule has 140 valence electrons. The van der Waals surface area contributed by atoms with Crippen LogP contribution in [0.5, 0.6) is 0 Å². The quantitative estimate of drug-likeness (QED) is 0.873. The highest BCUT2D eigenvalue weighted by Crippen LogP contribution is 2.22. The van der Waals surface area contributed by atoms with E-state index >= 15 is 0 Å². The molecular weight excluding hydrogens is 346 g/mol. The Kier molecular flexibility index (Phi) is 6.21. The summed E-state index contributed by atoms with van der Waals surface area (Å²) in [5.74, 6) is -0.00635. The van der Waals surface area contributed by atoms with Crippen LogP contribution in [-0.4, -0.2) is 53.2 Å². The molecule has 2 heterocycles. The smallest absolute Gasteiger partial charge is 0.243 e. The van der Waals surface area contributed by atoms with Gasteiger partial charge in [0, 0.05) is 31.9 Å². The second-order valence-electron chi connectivity index (χ2n) is 6.68. The number of benzene rings is 1. The average molecular weight is 374 g/mol. The summed E-state index contributed by atoms with van der Waals surface area (Å²) < 4.78 is 0. The van der Waals surface area contributed by atoms with E-state index in [4.69, 9.17) is 0 Å². The van der Waals surface area contributed by atoms with E-state index in [9.17, 15) is 4.79 Å². The van der Waals surface area contributed by atoms with Crippen molar-refractivity contribution in [3.8, 4) is 0 Å². The van der Waals surface area contributed by atoms with Crippen molar-refractivity contribution in [2.75, 3.05) is 36.4 Å². The van der Waals surface area contributed by atoms with Gasteiger partial charge in [-0.1, -0.05) is 36.5 Å². The molecule has 3 rings (SSSR count). The summed E-state index contributed by atoms with van der Waals surface area (Å²) in [7, 11) is 0. The fourth-order valence-electron chi connectivity index (χ4n) is 3.31. The largest absolute Gasteiger partial charge is 0.370 e. The Morgan fingerprint density at radius 3 is 2.77 bits per heavy atom. The molecule has 6 nitrogen and oxygen atoms in total. The second-order valence-corrected chi connectivity index (χ2v) is 7.74. The number of carbonyl (C=O) groups is 1. The van der Waals surface area contributed by atoms with Gasteiger partial charge in [-0.2, -0.15) is 0 Å². The summed E-state index contributed by atoms with van der Waals surface area (Å²) in [4.78, 5) is 17.3. The highest BCUT2D eigenvalue weighted by molar-refractivity contribution is 7.15. The lowest BCUT2D eigenvalue weighted by Crippen LogP contribution is -2.44. The van der Waals surface area contributed by atoms with Gasteiger partial charge in [-0.25, -0.2) is 0 Å². The second kappa shape index (κ2) is 8.60. The molecule has 0 aliphatic carbocycles. The Morgan fingerprint density at radius 1 is 1.23 bits per heavy atom. The van der Waals surface area contributed by atoms with Gasteiger partial charge >= 0.3 is 0 Å². The molecule has 1 saturated heterocycles. The van der Waals surface area contributed by atoms with Crippen molar-refractivity contribution in [2.45, 2.75) is 39.7 Å². The first-order valence-corrected chi connectivity index (χ1v) is 10.1. The third-order valence-corrected chi connectivity index (χ3v) is 5.90. The molecule has 26 heavy (non-hydrogen) atoms.